The van der Waals surface area contributed by atoms with Crippen molar-refractivity contribution in [3.8, 4) is 0 Å². The summed E-state index contributed by atoms with van der Waals surface area (Å²) in [6, 6.07) is 28.1. The molecule has 32 heavy (non-hydrogen) atoms. The van der Waals surface area contributed by atoms with E-state index in [1.807, 2.05) is 0 Å². The van der Waals surface area contributed by atoms with E-state index in [4.69, 9.17) is 0 Å². The minimum atomic E-state index is -0.146. The topological polar surface area (TPSA) is 0 Å². The summed E-state index contributed by atoms with van der Waals surface area (Å²) >= 11 is 0. The summed E-state index contributed by atoms with van der Waals surface area (Å²) in [5.74, 6) is 0.854. The molecule has 0 heterocycles. The molecule has 0 amide bonds. The summed E-state index contributed by atoms with van der Waals surface area (Å²) in [6.07, 6.45) is 14.3. The van der Waals surface area contributed by atoms with Crippen LogP contribution in [0.25, 0.3) is 21.5 Å². The van der Waals surface area contributed by atoms with Gasteiger partial charge in [-0.05, 0) is 54.9 Å². The van der Waals surface area contributed by atoms with E-state index in [0.29, 0.717) is 11.8 Å². The lowest BCUT2D eigenvalue weighted by Crippen LogP contribution is -2.44. The molecule has 0 saturated heterocycles. The first-order chi connectivity index (χ1) is 15.9. The van der Waals surface area contributed by atoms with Crippen LogP contribution < -0.4 is 0 Å². The Morgan fingerprint density at radius 3 is 1.81 bits per heavy atom. The van der Waals surface area contributed by atoms with Crippen molar-refractivity contribution >= 4 is 21.5 Å². The molecular formula is C32H20. The van der Waals surface area contributed by atoms with E-state index in [-0.39, 0.29) is 10.8 Å². The van der Waals surface area contributed by atoms with Crippen LogP contribution in [0.3, 0.4) is 0 Å². The molecule has 0 aliphatic heterocycles. The van der Waals surface area contributed by atoms with Gasteiger partial charge in [0, 0.05) is 17.3 Å². The van der Waals surface area contributed by atoms with Crippen molar-refractivity contribution in [2.45, 2.75) is 10.8 Å². The van der Waals surface area contributed by atoms with Crippen LogP contribution >= 0.6 is 0 Å². The van der Waals surface area contributed by atoms with Crippen LogP contribution in [0.4, 0.5) is 0 Å². The second-order valence-corrected chi connectivity index (χ2v) is 10.0. The van der Waals surface area contributed by atoms with Crippen LogP contribution in [0, 0.1) is 11.8 Å². The Labute approximate surface area is 186 Å². The molecule has 4 aromatic carbocycles. The standard InChI is InChI=1S/C32H20/c1-7-19-8-2-14-23-28(19)22(13-1)31-24-15-3-9-20-11-5-17-26(29(20)24)32(23,31)27-18-6-12-21-10-4-16-25(31)30(21)27/h1-18,22,28H. The second kappa shape index (κ2) is 4.89. The third kappa shape index (κ3) is 1.32. The number of hydrogen-bond acceptors (Lipinski definition) is 0. The zero-order valence-electron chi connectivity index (χ0n) is 17.5. The highest BCUT2D eigenvalue weighted by molar-refractivity contribution is 6.06. The fourth-order valence-electron chi connectivity index (χ4n) is 8.59. The van der Waals surface area contributed by atoms with Crippen molar-refractivity contribution in [2.75, 3.05) is 0 Å². The van der Waals surface area contributed by atoms with E-state index in [0.717, 1.165) is 0 Å². The highest BCUT2D eigenvalue weighted by atomic mass is 14.8. The van der Waals surface area contributed by atoms with Gasteiger partial charge >= 0.3 is 0 Å². The Kier molecular flexibility index (Phi) is 2.45. The Morgan fingerprint density at radius 2 is 1.19 bits per heavy atom. The van der Waals surface area contributed by atoms with E-state index < -0.39 is 0 Å². The van der Waals surface area contributed by atoms with Crippen LogP contribution in [0.5, 0.6) is 0 Å². The molecule has 0 radical (unpaired) electrons. The smallest absolute Gasteiger partial charge is 0.0576 e. The van der Waals surface area contributed by atoms with Crippen molar-refractivity contribution in [2.24, 2.45) is 11.8 Å². The number of hydrogen-bond donors (Lipinski definition) is 0. The minimum Gasteiger partial charge on any atom is -0.0792 e. The molecule has 5 aliphatic rings. The first-order valence-electron chi connectivity index (χ1n) is 11.7. The molecule has 0 N–H and O–H groups in total. The molecule has 4 aromatic rings. The highest BCUT2D eigenvalue weighted by Gasteiger charge is 2.75. The van der Waals surface area contributed by atoms with E-state index in [1.165, 1.54) is 49.4 Å². The van der Waals surface area contributed by atoms with Gasteiger partial charge in [0.15, 0.2) is 0 Å². The highest BCUT2D eigenvalue weighted by Crippen LogP contribution is 2.79. The molecule has 9 rings (SSSR count). The number of rotatable bonds is 0. The summed E-state index contributed by atoms with van der Waals surface area (Å²) in [6.45, 7) is 0. The predicted molar refractivity (Wildman–Crippen MR) is 131 cm³/mol. The lowest BCUT2D eigenvalue weighted by atomic mass is 9.58. The lowest BCUT2D eigenvalue weighted by molar-refractivity contribution is 0.354. The van der Waals surface area contributed by atoms with Crippen LogP contribution in [-0.2, 0) is 10.8 Å². The van der Waals surface area contributed by atoms with Gasteiger partial charge in [-0.25, -0.2) is 0 Å². The summed E-state index contributed by atoms with van der Waals surface area (Å²) < 4.78 is 0. The molecule has 1 fully saturated rings. The molecule has 0 bridgehead atoms. The number of allylic oxidation sites excluding steroid dienone is 8. The molecule has 0 aromatic heterocycles. The van der Waals surface area contributed by atoms with Gasteiger partial charge in [0.25, 0.3) is 0 Å². The van der Waals surface area contributed by atoms with Gasteiger partial charge in [0.2, 0.25) is 0 Å². The van der Waals surface area contributed by atoms with Gasteiger partial charge in [-0.1, -0.05) is 109 Å². The molecular weight excluding hydrogens is 384 g/mol. The van der Waals surface area contributed by atoms with Gasteiger partial charge < -0.3 is 0 Å². The van der Waals surface area contributed by atoms with Crippen LogP contribution in [0.2, 0.25) is 0 Å². The monoisotopic (exact) mass is 404 g/mol. The molecule has 1 saturated carbocycles. The summed E-state index contributed by atoms with van der Waals surface area (Å²) in [7, 11) is 0. The maximum Gasteiger partial charge on any atom is 0.0576 e. The third-order valence-corrected chi connectivity index (χ3v) is 9.22. The minimum absolute atomic E-state index is 0.0993. The van der Waals surface area contributed by atoms with Gasteiger partial charge in [0.05, 0.1) is 5.41 Å². The van der Waals surface area contributed by atoms with Crippen molar-refractivity contribution in [1.29, 1.82) is 0 Å². The first kappa shape index (κ1) is 16.1. The quantitative estimate of drug-likeness (QED) is 0.292. The summed E-state index contributed by atoms with van der Waals surface area (Å²) in [5, 5.41) is 5.72. The van der Waals surface area contributed by atoms with Crippen LogP contribution in [0.1, 0.15) is 22.3 Å². The lowest BCUT2D eigenvalue weighted by Gasteiger charge is -2.42. The molecule has 0 spiro atoms. The molecule has 0 nitrogen and oxygen atoms in total. The van der Waals surface area contributed by atoms with Crippen molar-refractivity contribution in [1.82, 2.24) is 0 Å². The SMILES string of the molecule is C1=CC2=CC=CC3C2C(=C1)C12c4cccc5cccc(c45)C31c1cccc3cccc2c13. The number of benzene rings is 4. The Bertz CT molecular complexity index is 1590. The van der Waals surface area contributed by atoms with E-state index in [2.05, 4.69) is 109 Å². The Morgan fingerprint density at radius 1 is 0.594 bits per heavy atom. The fourth-order valence-corrected chi connectivity index (χ4v) is 8.59. The first-order valence-corrected chi connectivity index (χ1v) is 11.7. The molecule has 2 unspecified atom stereocenters. The third-order valence-electron chi connectivity index (χ3n) is 9.22. The van der Waals surface area contributed by atoms with Crippen molar-refractivity contribution in [3.05, 3.63) is 143 Å². The van der Waals surface area contributed by atoms with E-state index in [1.54, 1.807) is 5.57 Å². The maximum atomic E-state index is 2.53. The van der Waals surface area contributed by atoms with E-state index in [9.17, 15) is 0 Å². The van der Waals surface area contributed by atoms with E-state index >= 15 is 0 Å². The molecule has 2 atom stereocenters. The summed E-state index contributed by atoms with van der Waals surface area (Å²) in [5.41, 5.74) is 8.90. The molecule has 0 heteroatoms. The average Bonchev–Trinajstić information content (AvgIpc) is 3.38. The summed E-state index contributed by atoms with van der Waals surface area (Å²) in [4.78, 5) is 0. The fraction of sp³-hybridized carbons (Fsp3) is 0.125. The Balaban J connectivity index is 1.62. The average molecular weight is 405 g/mol. The van der Waals surface area contributed by atoms with Crippen LogP contribution in [-0.4, -0.2) is 0 Å². The predicted octanol–water partition coefficient (Wildman–Crippen LogP) is 7.13. The maximum absolute atomic E-state index is 2.53. The van der Waals surface area contributed by atoms with Gasteiger partial charge in [0.1, 0.15) is 0 Å². The van der Waals surface area contributed by atoms with Gasteiger partial charge in [-0.2, -0.15) is 0 Å². The van der Waals surface area contributed by atoms with Gasteiger partial charge in [-0.3, -0.25) is 0 Å². The molecule has 148 valence electrons. The zero-order valence-corrected chi connectivity index (χ0v) is 17.5. The normalized spacial score (nSPS) is 31.5. The second-order valence-electron chi connectivity index (χ2n) is 10.0. The zero-order chi connectivity index (χ0) is 20.7. The van der Waals surface area contributed by atoms with Crippen molar-refractivity contribution in [3.63, 3.8) is 0 Å². The van der Waals surface area contributed by atoms with Crippen LogP contribution in [0.15, 0.2) is 120 Å². The molecule has 5 aliphatic carbocycles. The van der Waals surface area contributed by atoms with Gasteiger partial charge in [-0.15, -0.1) is 0 Å². The Hall–Kier alpha value is -3.64. The largest absolute Gasteiger partial charge is 0.0792 e. The van der Waals surface area contributed by atoms with Crippen molar-refractivity contribution < 1.29 is 0 Å².